The second-order valence-electron chi connectivity index (χ2n) is 3.18. The van der Waals surface area contributed by atoms with E-state index in [4.69, 9.17) is 0 Å². The molecule has 0 atom stereocenters. The third kappa shape index (κ3) is 4.73. The van der Waals surface area contributed by atoms with Crippen LogP contribution in [0.25, 0.3) is 0 Å². The molecule has 0 aromatic carbocycles. The zero-order chi connectivity index (χ0) is 9.56. The van der Waals surface area contributed by atoms with Crippen molar-refractivity contribution in [2.75, 3.05) is 0 Å². The average Bonchev–Trinajstić information content (AvgIpc) is 2.00. The summed E-state index contributed by atoms with van der Waals surface area (Å²) in [5.41, 5.74) is 3.87. The second kappa shape index (κ2) is 5.59. The minimum Gasteiger partial charge on any atom is -0.0991 e. The topological polar surface area (TPSA) is 0 Å². The Balaban J connectivity index is 4.48. The summed E-state index contributed by atoms with van der Waals surface area (Å²) in [5.74, 6) is 0. The number of hydrogen-bond donors (Lipinski definition) is 0. The molecular formula is C12H18. The molecule has 66 valence electrons. The Morgan fingerprint density at radius 2 is 1.33 bits per heavy atom. The molecule has 0 spiro atoms. The van der Waals surface area contributed by atoms with Crippen LogP contribution in [0.4, 0.5) is 0 Å². The molecular weight excluding hydrogens is 144 g/mol. The summed E-state index contributed by atoms with van der Waals surface area (Å²) in [6.45, 7) is 12.0. The first kappa shape index (κ1) is 11.0. The minimum atomic E-state index is 1.27. The molecule has 0 rings (SSSR count). The molecule has 0 aliphatic heterocycles. The maximum absolute atomic E-state index is 3.66. The van der Waals surface area contributed by atoms with E-state index in [1.165, 1.54) is 16.7 Å². The fourth-order valence-corrected chi connectivity index (χ4v) is 0.731. The molecule has 0 bridgehead atoms. The van der Waals surface area contributed by atoms with Crippen LogP contribution in [-0.4, -0.2) is 0 Å². The molecule has 0 unspecified atom stereocenters. The number of rotatable bonds is 3. The van der Waals surface area contributed by atoms with Gasteiger partial charge in [-0.15, -0.1) is 0 Å². The monoisotopic (exact) mass is 162 g/mol. The molecule has 0 heterocycles. The van der Waals surface area contributed by atoms with Gasteiger partial charge in [-0.25, -0.2) is 0 Å². The van der Waals surface area contributed by atoms with Crippen molar-refractivity contribution < 1.29 is 0 Å². The maximum atomic E-state index is 3.66. The molecule has 0 saturated carbocycles. The van der Waals surface area contributed by atoms with Gasteiger partial charge in [-0.3, -0.25) is 0 Å². The van der Waals surface area contributed by atoms with E-state index in [9.17, 15) is 0 Å². The highest BCUT2D eigenvalue weighted by molar-refractivity contribution is 5.33. The summed E-state index contributed by atoms with van der Waals surface area (Å²) in [4.78, 5) is 0. The average molecular weight is 162 g/mol. The van der Waals surface area contributed by atoms with Gasteiger partial charge in [-0.2, -0.15) is 0 Å². The highest BCUT2D eigenvalue weighted by atomic mass is 13.9. The maximum Gasteiger partial charge on any atom is -0.0395 e. The molecule has 0 heteroatoms. The van der Waals surface area contributed by atoms with E-state index in [0.29, 0.717) is 0 Å². The van der Waals surface area contributed by atoms with Crippen molar-refractivity contribution >= 4 is 0 Å². The van der Waals surface area contributed by atoms with Crippen LogP contribution in [0, 0.1) is 0 Å². The summed E-state index contributed by atoms with van der Waals surface area (Å²) in [6, 6.07) is 0. The summed E-state index contributed by atoms with van der Waals surface area (Å²) in [5, 5.41) is 0. The van der Waals surface area contributed by atoms with Gasteiger partial charge in [-0.1, -0.05) is 36.5 Å². The zero-order valence-corrected chi connectivity index (χ0v) is 8.52. The Labute approximate surface area is 76.0 Å². The van der Waals surface area contributed by atoms with Crippen LogP contribution in [-0.2, 0) is 0 Å². The highest BCUT2D eigenvalue weighted by Crippen LogP contribution is 2.08. The van der Waals surface area contributed by atoms with Gasteiger partial charge in [0, 0.05) is 0 Å². The van der Waals surface area contributed by atoms with Crippen LogP contribution >= 0.6 is 0 Å². The summed E-state index contributed by atoms with van der Waals surface area (Å²) in [6.07, 6.45) is 8.08. The van der Waals surface area contributed by atoms with Gasteiger partial charge in [-0.05, 0) is 38.8 Å². The van der Waals surface area contributed by atoms with Crippen molar-refractivity contribution in [1.82, 2.24) is 0 Å². The van der Waals surface area contributed by atoms with E-state index >= 15 is 0 Å². The molecule has 12 heavy (non-hydrogen) atoms. The van der Waals surface area contributed by atoms with E-state index in [2.05, 4.69) is 46.4 Å². The molecule has 0 radical (unpaired) electrons. The summed E-state index contributed by atoms with van der Waals surface area (Å²) < 4.78 is 0. The highest BCUT2D eigenvalue weighted by Gasteiger charge is 1.88. The number of allylic oxidation sites excluding steroid dienone is 7. The Morgan fingerprint density at radius 1 is 0.833 bits per heavy atom. The molecule has 0 amide bonds. The fourth-order valence-electron chi connectivity index (χ4n) is 0.731. The molecule has 0 aromatic heterocycles. The Hall–Kier alpha value is -1.04. The normalized spacial score (nSPS) is 12.7. The number of hydrogen-bond acceptors (Lipinski definition) is 0. The van der Waals surface area contributed by atoms with Gasteiger partial charge in [0.15, 0.2) is 0 Å². The van der Waals surface area contributed by atoms with Crippen molar-refractivity contribution in [2.45, 2.75) is 27.7 Å². The third-order valence-corrected chi connectivity index (χ3v) is 1.66. The lowest BCUT2D eigenvalue weighted by Gasteiger charge is -1.97. The minimum absolute atomic E-state index is 1.27. The van der Waals surface area contributed by atoms with E-state index in [1.807, 2.05) is 12.2 Å². The van der Waals surface area contributed by atoms with Gasteiger partial charge in [0.25, 0.3) is 0 Å². The molecule has 0 aliphatic rings. The van der Waals surface area contributed by atoms with Crippen molar-refractivity contribution in [1.29, 1.82) is 0 Å². The first-order valence-corrected chi connectivity index (χ1v) is 4.19. The van der Waals surface area contributed by atoms with Gasteiger partial charge in [0.2, 0.25) is 0 Å². The molecule has 0 nitrogen and oxygen atoms in total. The summed E-state index contributed by atoms with van der Waals surface area (Å²) in [7, 11) is 0. The van der Waals surface area contributed by atoms with E-state index in [0.717, 1.165) is 0 Å². The van der Waals surface area contributed by atoms with Crippen molar-refractivity contribution in [3.8, 4) is 0 Å². The SMILES string of the molecule is C=C/C=C(C)/C(C)=C/C=C(C)C. The predicted molar refractivity (Wildman–Crippen MR) is 57.1 cm³/mol. The largest absolute Gasteiger partial charge is 0.0991 e. The predicted octanol–water partition coefficient (Wildman–Crippen LogP) is 4.03. The van der Waals surface area contributed by atoms with Crippen LogP contribution in [0.15, 0.2) is 47.6 Å². The van der Waals surface area contributed by atoms with Gasteiger partial charge < -0.3 is 0 Å². The Kier molecular flexibility index (Phi) is 5.11. The quantitative estimate of drug-likeness (QED) is 0.549. The molecule has 0 aromatic rings. The third-order valence-electron chi connectivity index (χ3n) is 1.66. The first-order valence-electron chi connectivity index (χ1n) is 4.19. The smallest absolute Gasteiger partial charge is 0.0395 e. The lowest BCUT2D eigenvalue weighted by atomic mass is 10.1. The van der Waals surface area contributed by atoms with E-state index < -0.39 is 0 Å². The van der Waals surface area contributed by atoms with Crippen LogP contribution < -0.4 is 0 Å². The fraction of sp³-hybridized carbons (Fsp3) is 0.333. The molecule has 0 saturated heterocycles. The lowest BCUT2D eigenvalue weighted by Crippen LogP contribution is -1.77. The van der Waals surface area contributed by atoms with E-state index in [1.54, 1.807) is 0 Å². The van der Waals surface area contributed by atoms with Crippen molar-refractivity contribution in [2.24, 2.45) is 0 Å². The standard InChI is InChI=1S/C12H18/c1-6-7-11(4)12(5)9-8-10(2)3/h6-9H,1H2,2-5H3/b11-7+,12-9+. The van der Waals surface area contributed by atoms with Crippen molar-refractivity contribution in [3.63, 3.8) is 0 Å². The van der Waals surface area contributed by atoms with Crippen LogP contribution in [0.2, 0.25) is 0 Å². The van der Waals surface area contributed by atoms with Gasteiger partial charge >= 0.3 is 0 Å². The van der Waals surface area contributed by atoms with Crippen LogP contribution in [0.1, 0.15) is 27.7 Å². The van der Waals surface area contributed by atoms with Crippen molar-refractivity contribution in [3.05, 3.63) is 47.6 Å². The van der Waals surface area contributed by atoms with E-state index in [-0.39, 0.29) is 0 Å². The molecule has 0 fully saturated rings. The first-order chi connectivity index (χ1) is 5.57. The molecule has 0 N–H and O–H groups in total. The second-order valence-corrected chi connectivity index (χ2v) is 3.18. The summed E-state index contributed by atoms with van der Waals surface area (Å²) >= 11 is 0. The van der Waals surface area contributed by atoms with Gasteiger partial charge in [0.05, 0.1) is 0 Å². The molecule has 0 aliphatic carbocycles. The Morgan fingerprint density at radius 3 is 1.75 bits per heavy atom. The van der Waals surface area contributed by atoms with Crippen LogP contribution in [0.3, 0.4) is 0 Å². The van der Waals surface area contributed by atoms with Gasteiger partial charge in [0.1, 0.15) is 0 Å². The van der Waals surface area contributed by atoms with Crippen LogP contribution in [0.5, 0.6) is 0 Å². The lowest BCUT2D eigenvalue weighted by molar-refractivity contribution is 1.33. The Bertz CT molecular complexity index is 233. The zero-order valence-electron chi connectivity index (χ0n) is 8.52.